The van der Waals surface area contributed by atoms with Crippen LogP contribution in [0.2, 0.25) is 25.7 Å². The summed E-state index contributed by atoms with van der Waals surface area (Å²) in [5.41, 5.74) is 5.64. The summed E-state index contributed by atoms with van der Waals surface area (Å²) in [5, 5.41) is 7.51. The van der Waals surface area contributed by atoms with Gasteiger partial charge in [-0.25, -0.2) is 14.6 Å². The topological polar surface area (TPSA) is 96.1 Å². The lowest BCUT2D eigenvalue weighted by molar-refractivity contribution is -0.111. The molecule has 3 heterocycles. The average Bonchev–Trinajstić information content (AvgIpc) is 3.51. The molecule has 0 saturated heterocycles. The number of nitrogens with one attached hydrogen (secondary N) is 1. The highest BCUT2D eigenvalue weighted by Crippen LogP contribution is 2.33. The number of nitrogens with zero attached hydrogens (tertiary/aromatic N) is 5. The van der Waals surface area contributed by atoms with Crippen LogP contribution in [-0.2, 0) is 16.3 Å². The number of rotatable bonds is 11. The Hall–Kier alpha value is -4.54. The van der Waals surface area contributed by atoms with Gasteiger partial charge in [0.05, 0.1) is 17.6 Å². The smallest absolute Gasteiger partial charge is 0.247 e. The van der Waals surface area contributed by atoms with Crippen LogP contribution >= 0.6 is 0 Å². The number of carbonyl (C=O) groups is 1. The third-order valence-electron chi connectivity index (χ3n) is 6.49. The number of aryl methyl sites for hydroxylation is 1. The number of benzene rings is 2. The number of aromatic nitrogens is 5. The van der Waals surface area contributed by atoms with Crippen molar-refractivity contribution in [3.8, 4) is 28.4 Å². The van der Waals surface area contributed by atoms with E-state index in [2.05, 4.69) is 31.5 Å². The van der Waals surface area contributed by atoms with E-state index in [-0.39, 0.29) is 5.91 Å². The molecule has 3 aromatic heterocycles. The third kappa shape index (κ3) is 6.79. The Morgan fingerprint density at radius 3 is 2.63 bits per heavy atom. The van der Waals surface area contributed by atoms with E-state index in [1.165, 1.54) is 6.08 Å². The van der Waals surface area contributed by atoms with Gasteiger partial charge >= 0.3 is 0 Å². The summed E-state index contributed by atoms with van der Waals surface area (Å²) in [6.45, 7) is 13.6. The zero-order valence-corrected chi connectivity index (χ0v) is 24.8. The Balaban J connectivity index is 1.50. The molecule has 5 aromatic rings. The summed E-state index contributed by atoms with van der Waals surface area (Å²) in [6.07, 6.45) is 6.85. The molecule has 0 unspecified atom stereocenters. The molecule has 0 aliphatic carbocycles. The number of carbonyl (C=O) groups excluding carboxylic acids is 1. The van der Waals surface area contributed by atoms with Crippen LogP contribution in [-0.4, -0.2) is 44.9 Å². The minimum Gasteiger partial charge on any atom is -0.437 e. The SMILES string of the molecule is C=CC(=O)Nc1cccc(Oc2cnc3c(n2)c(-c2cn(-c4ccccc4)nc2C)cn3COCC[Si](C)(C)C)c1. The van der Waals surface area contributed by atoms with Crippen molar-refractivity contribution in [1.29, 1.82) is 0 Å². The second kappa shape index (κ2) is 11.9. The maximum absolute atomic E-state index is 11.7. The van der Waals surface area contributed by atoms with Crippen molar-refractivity contribution in [2.24, 2.45) is 0 Å². The fourth-order valence-corrected chi connectivity index (χ4v) is 5.07. The molecule has 0 radical (unpaired) electrons. The second-order valence-electron chi connectivity index (χ2n) is 11.0. The highest BCUT2D eigenvalue weighted by atomic mass is 28.3. The molecule has 5 rings (SSSR count). The van der Waals surface area contributed by atoms with E-state index in [0.717, 1.165) is 28.6 Å². The molecule has 1 N–H and O–H groups in total. The number of ether oxygens (including phenoxy) is 2. The fourth-order valence-electron chi connectivity index (χ4n) is 4.31. The van der Waals surface area contributed by atoms with Crippen molar-refractivity contribution in [2.45, 2.75) is 39.3 Å². The van der Waals surface area contributed by atoms with Crippen molar-refractivity contribution in [1.82, 2.24) is 24.3 Å². The maximum atomic E-state index is 11.7. The van der Waals surface area contributed by atoms with Gasteiger partial charge in [-0.05, 0) is 43.3 Å². The largest absolute Gasteiger partial charge is 0.437 e. The van der Waals surface area contributed by atoms with Crippen molar-refractivity contribution in [2.75, 3.05) is 11.9 Å². The van der Waals surface area contributed by atoms with Crippen LogP contribution in [0, 0.1) is 6.92 Å². The molecule has 0 atom stereocenters. The molecule has 0 aliphatic heterocycles. The quantitative estimate of drug-likeness (QED) is 0.107. The number of hydrogen-bond donors (Lipinski definition) is 1. The number of amides is 1. The molecule has 2 aromatic carbocycles. The lowest BCUT2D eigenvalue weighted by Crippen LogP contribution is -2.22. The Bertz CT molecular complexity index is 1690. The van der Waals surface area contributed by atoms with Crippen molar-refractivity contribution in [3.05, 3.63) is 91.5 Å². The average molecular weight is 567 g/mol. The van der Waals surface area contributed by atoms with Gasteiger partial charge in [-0.3, -0.25) is 4.79 Å². The Morgan fingerprint density at radius 1 is 1.07 bits per heavy atom. The lowest BCUT2D eigenvalue weighted by atomic mass is 10.1. The molecule has 9 nitrogen and oxygen atoms in total. The predicted octanol–water partition coefficient (Wildman–Crippen LogP) is 6.82. The van der Waals surface area contributed by atoms with E-state index in [9.17, 15) is 4.79 Å². The molecular weight excluding hydrogens is 532 g/mol. The minimum atomic E-state index is -1.21. The van der Waals surface area contributed by atoms with Gasteiger partial charge in [0.1, 0.15) is 18.0 Å². The summed E-state index contributed by atoms with van der Waals surface area (Å²) in [6, 6.07) is 18.2. The standard InChI is InChI=1S/C31H34N6O3Si/c1-6-28(38)33-23-11-10-14-25(17-23)40-29-18-32-31-30(34-29)27(19-36(31)21-39-15-16-41(3,4)5)26-20-37(35-22(26)2)24-12-8-7-9-13-24/h6-14,17-20H,1,15-16,21H2,2-5H3,(H,33,38). The van der Waals surface area contributed by atoms with Gasteiger partial charge in [-0.15, -0.1) is 0 Å². The molecule has 0 spiro atoms. The Morgan fingerprint density at radius 2 is 1.88 bits per heavy atom. The van der Waals surface area contributed by atoms with E-state index in [1.807, 2.05) is 58.9 Å². The van der Waals surface area contributed by atoms with E-state index in [1.54, 1.807) is 30.5 Å². The van der Waals surface area contributed by atoms with Gasteiger partial charge < -0.3 is 19.4 Å². The Labute approximate surface area is 240 Å². The van der Waals surface area contributed by atoms with Gasteiger partial charge in [-0.2, -0.15) is 5.10 Å². The van der Waals surface area contributed by atoms with Crippen molar-refractivity contribution >= 4 is 30.8 Å². The van der Waals surface area contributed by atoms with Crippen molar-refractivity contribution < 1.29 is 14.3 Å². The van der Waals surface area contributed by atoms with Gasteiger partial charge in [0.25, 0.3) is 0 Å². The minimum absolute atomic E-state index is 0.298. The van der Waals surface area contributed by atoms with Crippen molar-refractivity contribution in [3.63, 3.8) is 0 Å². The van der Waals surface area contributed by atoms with Gasteiger partial charge in [0.2, 0.25) is 11.8 Å². The van der Waals surface area contributed by atoms with E-state index >= 15 is 0 Å². The first-order valence-corrected chi connectivity index (χ1v) is 17.2. The molecule has 0 bridgehead atoms. The molecule has 0 aliphatic rings. The number of fused-ring (bicyclic) bond motifs is 1. The van der Waals surface area contributed by atoms with Gasteiger partial charge in [0, 0.05) is 50.0 Å². The Kier molecular flexibility index (Phi) is 8.13. The first-order chi connectivity index (χ1) is 19.7. The summed E-state index contributed by atoms with van der Waals surface area (Å²) < 4.78 is 16.0. The highest BCUT2D eigenvalue weighted by molar-refractivity contribution is 6.76. The summed E-state index contributed by atoms with van der Waals surface area (Å²) in [4.78, 5) is 21.3. The number of para-hydroxylation sites is 1. The summed E-state index contributed by atoms with van der Waals surface area (Å²) in [5.74, 6) is 0.550. The van der Waals surface area contributed by atoms with Gasteiger partial charge in [-0.1, -0.05) is 50.5 Å². The predicted molar refractivity (Wildman–Crippen MR) is 164 cm³/mol. The second-order valence-corrected chi connectivity index (χ2v) is 16.6. The monoisotopic (exact) mass is 566 g/mol. The molecule has 10 heteroatoms. The normalized spacial score (nSPS) is 11.5. The molecule has 0 saturated carbocycles. The number of anilines is 1. The first-order valence-electron chi connectivity index (χ1n) is 13.5. The lowest BCUT2D eigenvalue weighted by Gasteiger charge is -2.15. The maximum Gasteiger partial charge on any atom is 0.247 e. The number of hydrogen-bond acceptors (Lipinski definition) is 6. The molecule has 0 fully saturated rings. The van der Waals surface area contributed by atoms with E-state index < -0.39 is 8.07 Å². The molecule has 1 amide bonds. The van der Waals surface area contributed by atoms with Crippen LogP contribution in [0.25, 0.3) is 28.0 Å². The fraction of sp³-hybridized carbons (Fsp3) is 0.226. The molecule has 41 heavy (non-hydrogen) atoms. The first kappa shape index (κ1) is 28.0. The van der Waals surface area contributed by atoms with E-state index in [4.69, 9.17) is 24.5 Å². The van der Waals surface area contributed by atoms with Crippen LogP contribution in [0.4, 0.5) is 5.69 Å². The van der Waals surface area contributed by atoms with Gasteiger partial charge in [0.15, 0.2) is 5.65 Å². The van der Waals surface area contributed by atoms with Crippen LogP contribution in [0.5, 0.6) is 11.6 Å². The molecule has 210 valence electrons. The highest BCUT2D eigenvalue weighted by Gasteiger charge is 2.19. The molecular formula is C31H34N6O3Si. The van der Waals surface area contributed by atoms with Crippen LogP contribution in [0.3, 0.4) is 0 Å². The zero-order valence-electron chi connectivity index (χ0n) is 23.8. The third-order valence-corrected chi connectivity index (χ3v) is 8.19. The van der Waals surface area contributed by atoms with E-state index in [0.29, 0.717) is 41.8 Å². The van der Waals surface area contributed by atoms with Crippen LogP contribution in [0.15, 0.2) is 85.8 Å². The summed E-state index contributed by atoms with van der Waals surface area (Å²) >= 11 is 0. The van der Waals surface area contributed by atoms with Crippen LogP contribution < -0.4 is 10.1 Å². The zero-order chi connectivity index (χ0) is 29.0. The summed E-state index contributed by atoms with van der Waals surface area (Å²) in [7, 11) is -1.21. The van der Waals surface area contributed by atoms with Crippen LogP contribution in [0.1, 0.15) is 5.69 Å².